The average molecular weight is 257 g/mol. The molecule has 0 radical (unpaired) electrons. The largest absolute Gasteiger partial charge is 0.303 e. The van der Waals surface area contributed by atoms with Crippen LogP contribution in [0.4, 0.5) is 4.39 Å². The summed E-state index contributed by atoms with van der Waals surface area (Å²) in [5.41, 5.74) is 2.15. The van der Waals surface area contributed by atoms with Gasteiger partial charge in [-0.3, -0.25) is 4.90 Å². The van der Waals surface area contributed by atoms with Gasteiger partial charge in [-0.05, 0) is 25.1 Å². The molecule has 0 aromatic heterocycles. The number of piperazine rings is 1. The summed E-state index contributed by atoms with van der Waals surface area (Å²) in [7, 11) is 2.12. The first kappa shape index (κ1) is 12.8. The van der Waals surface area contributed by atoms with E-state index in [1.54, 1.807) is 6.07 Å². The Morgan fingerprint density at radius 2 is 2.06 bits per heavy atom. The summed E-state index contributed by atoms with van der Waals surface area (Å²) in [4.78, 5) is 4.72. The van der Waals surface area contributed by atoms with Gasteiger partial charge in [0.2, 0.25) is 0 Å². The maximum absolute atomic E-state index is 13.9. The van der Waals surface area contributed by atoms with Crippen LogP contribution in [0.3, 0.4) is 0 Å². The number of hydrogen-bond acceptors (Lipinski definition) is 2. The van der Waals surface area contributed by atoms with E-state index < -0.39 is 0 Å². The predicted octanol–water partition coefficient (Wildman–Crippen LogP) is 2.09. The van der Waals surface area contributed by atoms with Crippen molar-refractivity contribution in [2.24, 2.45) is 0 Å². The highest BCUT2D eigenvalue weighted by Crippen LogP contribution is 2.33. The molecule has 1 aromatic carbocycles. The second-order valence-electron chi connectivity index (χ2n) is 4.88. The van der Waals surface area contributed by atoms with Crippen LogP contribution >= 0.6 is 12.4 Å². The van der Waals surface area contributed by atoms with Crippen LogP contribution < -0.4 is 0 Å². The molecule has 2 aliphatic heterocycles. The van der Waals surface area contributed by atoms with Crippen LogP contribution in [-0.2, 0) is 6.42 Å². The second kappa shape index (κ2) is 4.92. The molecule has 0 amide bonds. The zero-order valence-electron chi connectivity index (χ0n) is 10.0. The molecule has 2 nitrogen and oxygen atoms in total. The zero-order chi connectivity index (χ0) is 11.1. The van der Waals surface area contributed by atoms with Crippen molar-refractivity contribution in [1.29, 1.82) is 0 Å². The molecule has 94 valence electrons. The molecule has 17 heavy (non-hydrogen) atoms. The van der Waals surface area contributed by atoms with Gasteiger partial charge in [0.1, 0.15) is 5.82 Å². The van der Waals surface area contributed by atoms with Crippen molar-refractivity contribution in [2.75, 3.05) is 33.2 Å². The Hall–Kier alpha value is -0.640. The van der Waals surface area contributed by atoms with E-state index in [9.17, 15) is 4.39 Å². The third kappa shape index (κ3) is 2.19. The Labute approximate surface area is 108 Å². The van der Waals surface area contributed by atoms with Gasteiger partial charge in [0.05, 0.1) is 6.04 Å². The van der Waals surface area contributed by atoms with Gasteiger partial charge in [-0.1, -0.05) is 12.1 Å². The Balaban J connectivity index is 0.00000108. The zero-order valence-corrected chi connectivity index (χ0v) is 10.8. The minimum absolute atomic E-state index is 0. The van der Waals surface area contributed by atoms with Crippen molar-refractivity contribution in [1.82, 2.24) is 9.80 Å². The van der Waals surface area contributed by atoms with E-state index in [2.05, 4.69) is 22.9 Å². The number of benzene rings is 1. The summed E-state index contributed by atoms with van der Waals surface area (Å²) >= 11 is 0. The van der Waals surface area contributed by atoms with Crippen LogP contribution in [0.25, 0.3) is 0 Å². The predicted molar refractivity (Wildman–Crippen MR) is 69.2 cm³/mol. The van der Waals surface area contributed by atoms with E-state index in [0.29, 0.717) is 0 Å². The fraction of sp³-hybridized carbons (Fsp3) is 0.538. The van der Waals surface area contributed by atoms with Crippen LogP contribution in [0.15, 0.2) is 18.2 Å². The van der Waals surface area contributed by atoms with Crippen molar-refractivity contribution in [3.63, 3.8) is 0 Å². The Morgan fingerprint density at radius 3 is 2.88 bits per heavy atom. The molecule has 1 unspecified atom stereocenters. The Kier molecular flexibility index (Phi) is 3.71. The summed E-state index contributed by atoms with van der Waals surface area (Å²) in [6.07, 6.45) is 0.993. The second-order valence-corrected chi connectivity index (χ2v) is 4.88. The van der Waals surface area contributed by atoms with E-state index in [1.165, 1.54) is 5.56 Å². The van der Waals surface area contributed by atoms with Gasteiger partial charge in [-0.25, -0.2) is 4.39 Å². The summed E-state index contributed by atoms with van der Waals surface area (Å²) < 4.78 is 13.9. The standard InChI is InChI=1S/C13H17FN2.ClH/c1-15-7-8-16-6-5-10-3-2-4-11(14)13(10)12(16)9-15;/h2-4,12H,5-9H2,1H3;1H. The third-order valence-corrected chi connectivity index (χ3v) is 3.84. The van der Waals surface area contributed by atoms with Crippen molar-refractivity contribution in [3.05, 3.63) is 35.1 Å². The van der Waals surface area contributed by atoms with Crippen molar-refractivity contribution >= 4 is 12.4 Å². The van der Waals surface area contributed by atoms with Gasteiger partial charge in [0.15, 0.2) is 0 Å². The van der Waals surface area contributed by atoms with Gasteiger partial charge in [0.25, 0.3) is 0 Å². The lowest BCUT2D eigenvalue weighted by atomic mass is 9.90. The summed E-state index contributed by atoms with van der Waals surface area (Å²) in [5, 5.41) is 0. The molecule has 1 saturated heterocycles. The van der Waals surface area contributed by atoms with Gasteiger partial charge in [-0.2, -0.15) is 0 Å². The number of rotatable bonds is 0. The van der Waals surface area contributed by atoms with E-state index in [1.807, 2.05) is 6.07 Å². The SMILES string of the molecule is CN1CCN2CCc3cccc(F)c3C2C1.Cl. The molecule has 0 spiro atoms. The third-order valence-electron chi connectivity index (χ3n) is 3.84. The summed E-state index contributed by atoms with van der Waals surface area (Å²) in [6, 6.07) is 5.76. The lowest BCUT2D eigenvalue weighted by Crippen LogP contribution is -2.49. The van der Waals surface area contributed by atoms with Crippen LogP contribution in [0.2, 0.25) is 0 Å². The number of fused-ring (bicyclic) bond motifs is 3. The number of likely N-dealkylation sites (N-methyl/N-ethyl adjacent to an activating group) is 1. The molecule has 1 fully saturated rings. The molecule has 0 bridgehead atoms. The molecule has 3 rings (SSSR count). The topological polar surface area (TPSA) is 6.48 Å². The van der Waals surface area contributed by atoms with Crippen molar-refractivity contribution in [3.8, 4) is 0 Å². The van der Waals surface area contributed by atoms with Crippen LogP contribution in [0.5, 0.6) is 0 Å². The summed E-state index contributed by atoms with van der Waals surface area (Å²) in [6.45, 7) is 4.19. The lowest BCUT2D eigenvalue weighted by Gasteiger charge is -2.43. The first-order valence-electron chi connectivity index (χ1n) is 5.95. The fourth-order valence-corrected chi connectivity index (χ4v) is 2.94. The minimum Gasteiger partial charge on any atom is -0.303 e. The number of halogens is 2. The smallest absolute Gasteiger partial charge is 0.128 e. The van der Waals surface area contributed by atoms with Gasteiger partial charge < -0.3 is 4.90 Å². The highest BCUT2D eigenvalue weighted by Gasteiger charge is 2.33. The Morgan fingerprint density at radius 1 is 1.24 bits per heavy atom. The number of nitrogens with zero attached hydrogens (tertiary/aromatic N) is 2. The average Bonchev–Trinajstić information content (AvgIpc) is 2.28. The van der Waals surface area contributed by atoms with E-state index >= 15 is 0 Å². The highest BCUT2D eigenvalue weighted by molar-refractivity contribution is 5.85. The maximum Gasteiger partial charge on any atom is 0.128 e. The normalized spacial score (nSPS) is 24.7. The monoisotopic (exact) mass is 256 g/mol. The molecular formula is C13H18ClFN2. The van der Waals surface area contributed by atoms with E-state index in [0.717, 1.165) is 38.2 Å². The minimum atomic E-state index is -0.0255. The lowest BCUT2D eigenvalue weighted by molar-refractivity contribution is 0.0800. The van der Waals surface area contributed by atoms with Crippen molar-refractivity contribution < 1.29 is 4.39 Å². The molecular weight excluding hydrogens is 239 g/mol. The van der Waals surface area contributed by atoms with Crippen LogP contribution in [0.1, 0.15) is 17.2 Å². The van der Waals surface area contributed by atoms with E-state index in [4.69, 9.17) is 0 Å². The van der Waals surface area contributed by atoms with Crippen LogP contribution in [-0.4, -0.2) is 43.0 Å². The fourth-order valence-electron chi connectivity index (χ4n) is 2.94. The summed E-state index contributed by atoms with van der Waals surface area (Å²) in [5.74, 6) is -0.0255. The molecule has 1 atom stereocenters. The van der Waals surface area contributed by atoms with Crippen molar-refractivity contribution in [2.45, 2.75) is 12.5 Å². The molecule has 0 N–H and O–H groups in total. The maximum atomic E-state index is 13.9. The molecule has 2 heterocycles. The van der Waals surface area contributed by atoms with Gasteiger partial charge in [-0.15, -0.1) is 12.4 Å². The first-order valence-corrected chi connectivity index (χ1v) is 5.95. The van der Waals surface area contributed by atoms with Crippen LogP contribution in [0, 0.1) is 5.82 Å². The molecule has 0 aliphatic carbocycles. The molecule has 4 heteroatoms. The van der Waals surface area contributed by atoms with Gasteiger partial charge >= 0.3 is 0 Å². The Bertz CT molecular complexity index is 410. The highest BCUT2D eigenvalue weighted by atomic mass is 35.5. The van der Waals surface area contributed by atoms with Gasteiger partial charge in [0, 0.05) is 31.7 Å². The first-order chi connectivity index (χ1) is 7.75. The quantitative estimate of drug-likeness (QED) is 0.701. The van der Waals surface area contributed by atoms with E-state index in [-0.39, 0.29) is 24.3 Å². The molecule has 2 aliphatic rings. The number of hydrogen-bond donors (Lipinski definition) is 0. The molecule has 1 aromatic rings. The molecule has 0 saturated carbocycles.